The van der Waals surface area contributed by atoms with Gasteiger partial charge in [-0.1, -0.05) is 12.2 Å². The van der Waals surface area contributed by atoms with Crippen molar-refractivity contribution in [2.24, 2.45) is 5.92 Å². The molecule has 19 heavy (non-hydrogen) atoms. The average Bonchev–Trinajstić information content (AvgIpc) is 2.39. The number of fused-ring (bicyclic) bond motifs is 1. The highest BCUT2D eigenvalue weighted by atomic mass is 16.8. The number of ether oxygens (including phenoxy) is 4. The van der Waals surface area contributed by atoms with Crippen molar-refractivity contribution in [2.45, 2.75) is 44.6 Å². The predicted molar refractivity (Wildman–Crippen MR) is 71.7 cm³/mol. The normalized spacial score (nSPS) is 46.7. The number of hydrogen-bond donors (Lipinski definition) is 1. The minimum absolute atomic E-state index is 0.0630. The maximum atomic E-state index is 6.23. The largest absolute Gasteiger partial charge is 0.349 e. The summed E-state index contributed by atoms with van der Waals surface area (Å²) in [7, 11) is 3.21. The van der Waals surface area contributed by atoms with E-state index < -0.39 is 11.6 Å². The Morgan fingerprint density at radius 1 is 1.16 bits per heavy atom. The molecule has 0 amide bonds. The van der Waals surface area contributed by atoms with Crippen molar-refractivity contribution in [3.8, 4) is 0 Å². The summed E-state index contributed by atoms with van der Waals surface area (Å²) >= 11 is 0. The third-order valence-corrected chi connectivity index (χ3v) is 4.45. The Hall–Kier alpha value is -0.460. The maximum Gasteiger partial charge on any atom is 0.220 e. The van der Waals surface area contributed by atoms with Crippen molar-refractivity contribution in [3.63, 3.8) is 0 Å². The predicted octanol–water partition coefficient (Wildman–Crippen LogP) is 1.29. The van der Waals surface area contributed by atoms with Crippen LogP contribution in [0.25, 0.3) is 0 Å². The molecule has 0 spiro atoms. The van der Waals surface area contributed by atoms with Crippen molar-refractivity contribution in [1.82, 2.24) is 5.32 Å². The number of nitrogens with one attached hydrogen (secondary N) is 1. The minimum atomic E-state index is -0.937. The van der Waals surface area contributed by atoms with Crippen molar-refractivity contribution in [2.75, 3.05) is 27.3 Å². The van der Waals surface area contributed by atoms with Crippen LogP contribution >= 0.6 is 0 Å². The summed E-state index contributed by atoms with van der Waals surface area (Å²) in [6.45, 7) is 11.4. The van der Waals surface area contributed by atoms with Gasteiger partial charge in [0.2, 0.25) is 11.6 Å². The number of methoxy groups -OCH3 is 2. The second-order valence-electron chi connectivity index (χ2n) is 5.65. The van der Waals surface area contributed by atoms with Crippen LogP contribution in [-0.4, -0.2) is 51.1 Å². The van der Waals surface area contributed by atoms with E-state index in [1.165, 1.54) is 0 Å². The summed E-state index contributed by atoms with van der Waals surface area (Å²) in [6.07, 6.45) is -0.129. The summed E-state index contributed by atoms with van der Waals surface area (Å²) in [4.78, 5) is 0. The van der Waals surface area contributed by atoms with E-state index in [9.17, 15) is 0 Å². The van der Waals surface area contributed by atoms with Gasteiger partial charge in [-0.25, -0.2) is 0 Å². The molecule has 5 unspecified atom stereocenters. The summed E-state index contributed by atoms with van der Waals surface area (Å²) in [5, 5.41) is 3.36. The van der Waals surface area contributed by atoms with E-state index in [0.29, 0.717) is 0 Å². The smallest absolute Gasteiger partial charge is 0.220 e. The summed E-state index contributed by atoms with van der Waals surface area (Å²) in [6, 6.07) is 0. The molecule has 2 aliphatic heterocycles. The Morgan fingerprint density at radius 2 is 1.74 bits per heavy atom. The first kappa shape index (κ1) is 14.9. The molecule has 0 radical (unpaired) electrons. The fourth-order valence-corrected chi connectivity index (χ4v) is 2.82. The van der Waals surface area contributed by atoms with Gasteiger partial charge >= 0.3 is 0 Å². The topological polar surface area (TPSA) is 49.0 Å². The molecule has 0 aliphatic carbocycles. The van der Waals surface area contributed by atoms with E-state index in [1.807, 2.05) is 20.8 Å². The van der Waals surface area contributed by atoms with E-state index in [4.69, 9.17) is 18.9 Å². The lowest BCUT2D eigenvalue weighted by Crippen LogP contribution is -2.69. The van der Waals surface area contributed by atoms with Gasteiger partial charge < -0.3 is 24.3 Å². The zero-order valence-corrected chi connectivity index (χ0v) is 12.5. The van der Waals surface area contributed by atoms with Crippen LogP contribution in [0, 0.1) is 5.92 Å². The van der Waals surface area contributed by atoms with Gasteiger partial charge in [-0.15, -0.1) is 0 Å². The Balaban J connectivity index is 2.28. The summed E-state index contributed by atoms with van der Waals surface area (Å²) in [5.74, 6) is -1.65. The molecule has 2 heterocycles. The molecule has 5 nitrogen and oxygen atoms in total. The van der Waals surface area contributed by atoms with Crippen LogP contribution in [0.5, 0.6) is 0 Å². The molecule has 110 valence electrons. The van der Waals surface area contributed by atoms with E-state index in [1.54, 1.807) is 14.2 Å². The molecule has 0 aromatic heterocycles. The fraction of sp³-hybridized carbons (Fsp3) is 0.857. The van der Waals surface area contributed by atoms with Crippen molar-refractivity contribution >= 4 is 0 Å². The second kappa shape index (κ2) is 5.14. The van der Waals surface area contributed by atoms with E-state index >= 15 is 0 Å². The third kappa shape index (κ3) is 2.34. The van der Waals surface area contributed by atoms with Gasteiger partial charge in [0, 0.05) is 33.2 Å². The quantitative estimate of drug-likeness (QED) is 0.784. The number of rotatable bonds is 3. The number of hydrogen-bond acceptors (Lipinski definition) is 5. The van der Waals surface area contributed by atoms with Gasteiger partial charge in [0.05, 0.1) is 6.10 Å². The zero-order chi connectivity index (χ0) is 14.3. The van der Waals surface area contributed by atoms with Crippen LogP contribution in [0.2, 0.25) is 0 Å². The SMILES string of the molecule is C=C(C)C1CNCC2OC(C)(OC)C(C)(OC)OC21. The zero-order valence-electron chi connectivity index (χ0n) is 12.5. The van der Waals surface area contributed by atoms with Gasteiger partial charge in [-0.2, -0.15) is 0 Å². The Bertz CT molecular complexity index is 361. The van der Waals surface area contributed by atoms with Gasteiger partial charge in [0.15, 0.2) is 0 Å². The second-order valence-corrected chi connectivity index (χ2v) is 5.65. The van der Waals surface area contributed by atoms with E-state index in [-0.39, 0.29) is 18.1 Å². The Kier molecular flexibility index (Phi) is 4.05. The molecule has 0 bridgehead atoms. The highest BCUT2D eigenvalue weighted by molar-refractivity contribution is 5.08. The van der Waals surface area contributed by atoms with Crippen LogP contribution in [0.3, 0.4) is 0 Å². The summed E-state index contributed by atoms with van der Waals surface area (Å²) in [5.41, 5.74) is 1.09. The lowest BCUT2D eigenvalue weighted by atomic mass is 9.86. The first-order valence-electron chi connectivity index (χ1n) is 6.69. The fourth-order valence-electron chi connectivity index (χ4n) is 2.82. The van der Waals surface area contributed by atoms with Crippen LogP contribution in [0.15, 0.2) is 12.2 Å². The first-order chi connectivity index (χ1) is 8.87. The van der Waals surface area contributed by atoms with Crippen molar-refractivity contribution in [3.05, 3.63) is 12.2 Å². The highest BCUT2D eigenvalue weighted by Gasteiger charge is 2.58. The molecule has 1 N–H and O–H groups in total. The molecule has 2 rings (SSSR count). The Labute approximate surface area is 115 Å². The molecule has 2 saturated heterocycles. The monoisotopic (exact) mass is 271 g/mol. The van der Waals surface area contributed by atoms with E-state index in [0.717, 1.165) is 18.7 Å². The van der Waals surface area contributed by atoms with Crippen LogP contribution in [-0.2, 0) is 18.9 Å². The maximum absolute atomic E-state index is 6.23. The lowest BCUT2D eigenvalue weighted by molar-refractivity contribution is -0.452. The highest BCUT2D eigenvalue weighted by Crippen LogP contribution is 2.42. The molecular weight excluding hydrogens is 246 g/mol. The molecule has 5 atom stereocenters. The molecule has 5 heteroatoms. The molecule has 2 fully saturated rings. The number of piperidine rings is 1. The van der Waals surface area contributed by atoms with Gasteiger partial charge in [0.1, 0.15) is 6.10 Å². The molecule has 0 saturated carbocycles. The van der Waals surface area contributed by atoms with E-state index in [2.05, 4.69) is 11.9 Å². The average molecular weight is 271 g/mol. The van der Waals surface area contributed by atoms with Gasteiger partial charge in [-0.3, -0.25) is 0 Å². The van der Waals surface area contributed by atoms with Crippen LogP contribution in [0.4, 0.5) is 0 Å². The van der Waals surface area contributed by atoms with Gasteiger partial charge in [-0.05, 0) is 20.8 Å². The first-order valence-corrected chi connectivity index (χ1v) is 6.69. The molecule has 2 aliphatic rings. The van der Waals surface area contributed by atoms with Crippen molar-refractivity contribution in [1.29, 1.82) is 0 Å². The van der Waals surface area contributed by atoms with Crippen molar-refractivity contribution < 1.29 is 18.9 Å². The summed E-state index contributed by atoms with van der Waals surface area (Å²) < 4.78 is 23.4. The van der Waals surface area contributed by atoms with Crippen LogP contribution < -0.4 is 5.32 Å². The Morgan fingerprint density at radius 3 is 2.26 bits per heavy atom. The third-order valence-electron chi connectivity index (χ3n) is 4.45. The molecule has 0 aromatic carbocycles. The van der Waals surface area contributed by atoms with Crippen LogP contribution in [0.1, 0.15) is 20.8 Å². The lowest BCUT2D eigenvalue weighted by Gasteiger charge is -2.55. The standard InChI is InChI=1S/C14H25NO4/c1-9(2)10-7-15-8-11-12(10)19-14(4,17-6)13(3,16-5)18-11/h10-12,15H,1,7-8H2,2-6H3. The molecule has 0 aromatic rings. The molecular formula is C14H25NO4. The van der Waals surface area contributed by atoms with Gasteiger partial charge in [0.25, 0.3) is 0 Å². The minimum Gasteiger partial charge on any atom is -0.349 e.